The van der Waals surface area contributed by atoms with Crippen LogP contribution in [0.5, 0.6) is 17.2 Å². The molecule has 1 aromatic rings. The lowest BCUT2D eigenvalue weighted by atomic mass is 10.1. The van der Waals surface area contributed by atoms with Crippen LogP contribution in [-0.4, -0.2) is 15.3 Å². The SMILES string of the molecule is CC(S)c1c(O)cc(O)cc1O. The number of hydrogen-bond donors (Lipinski definition) is 4. The van der Waals surface area contributed by atoms with Crippen molar-refractivity contribution in [1.29, 1.82) is 0 Å². The van der Waals surface area contributed by atoms with E-state index in [0.717, 1.165) is 0 Å². The molecule has 0 bridgehead atoms. The molecule has 66 valence electrons. The minimum absolute atomic E-state index is 0.144. The van der Waals surface area contributed by atoms with E-state index in [2.05, 4.69) is 12.6 Å². The highest BCUT2D eigenvalue weighted by atomic mass is 32.1. The summed E-state index contributed by atoms with van der Waals surface area (Å²) in [4.78, 5) is 0. The summed E-state index contributed by atoms with van der Waals surface area (Å²) in [6.45, 7) is 1.72. The Hall–Kier alpha value is -1.03. The molecule has 0 aliphatic rings. The van der Waals surface area contributed by atoms with Crippen molar-refractivity contribution in [1.82, 2.24) is 0 Å². The molecule has 12 heavy (non-hydrogen) atoms. The van der Waals surface area contributed by atoms with Crippen LogP contribution in [-0.2, 0) is 0 Å². The van der Waals surface area contributed by atoms with Gasteiger partial charge in [0.1, 0.15) is 17.2 Å². The predicted octanol–water partition coefficient (Wildman–Crippen LogP) is 1.79. The second kappa shape index (κ2) is 3.15. The van der Waals surface area contributed by atoms with Crippen molar-refractivity contribution in [3.8, 4) is 17.2 Å². The fourth-order valence-electron chi connectivity index (χ4n) is 1.04. The van der Waals surface area contributed by atoms with E-state index in [1.165, 1.54) is 12.1 Å². The van der Waals surface area contributed by atoms with Crippen LogP contribution in [0.3, 0.4) is 0 Å². The minimum Gasteiger partial charge on any atom is -0.508 e. The third-order valence-corrected chi connectivity index (χ3v) is 1.80. The van der Waals surface area contributed by atoms with Crippen LogP contribution in [0.4, 0.5) is 0 Å². The van der Waals surface area contributed by atoms with Crippen LogP contribution in [0.1, 0.15) is 17.7 Å². The number of phenols is 3. The van der Waals surface area contributed by atoms with Crippen molar-refractivity contribution >= 4 is 12.6 Å². The maximum atomic E-state index is 9.27. The Morgan fingerprint density at radius 3 is 1.92 bits per heavy atom. The van der Waals surface area contributed by atoms with Crippen LogP contribution in [0.25, 0.3) is 0 Å². The smallest absolute Gasteiger partial charge is 0.127 e. The molecule has 0 aromatic heterocycles. The molecule has 0 spiro atoms. The molecule has 3 N–H and O–H groups in total. The van der Waals surface area contributed by atoms with Gasteiger partial charge in [-0.15, -0.1) is 0 Å². The van der Waals surface area contributed by atoms with Crippen LogP contribution in [0.15, 0.2) is 12.1 Å². The molecular weight excluding hydrogens is 176 g/mol. The molecule has 0 amide bonds. The molecule has 0 heterocycles. The Bertz CT molecular complexity index is 273. The zero-order chi connectivity index (χ0) is 9.30. The summed E-state index contributed by atoms with van der Waals surface area (Å²) in [5.74, 6) is -0.451. The Labute approximate surface area is 75.7 Å². The van der Waals surface area contributed by atoms with Crippen molar-refractivity contribution in [2.75, 3.05) is 0 Å². The monoisotopic (exact) mass is 186 g/mol. The molecule has 0 saturated carbocycles. The molecule has 1 aromatic carbocycles. The summed E-state index contributed by atoms with van der Waals surface area (Å²) in [6.07, 6.45) is 0. The summed E-state index contributed by atoms with van der Waals surface area (Å²) < 4.78 is 0. The van der Waals surface area contributed by atoms with Gasteiger partial charge >= 0.3 is 0 Å². The first-order valence-electron chi connectivity index (χ1n) is 3.45. The first-order chi connectivity index (χ1) is 5.52. The van der Waals surface area contributed by atoms with E-state index in [4.69, 9.17) is 5.11 Å². The van der Waals surface area contributed by atoms with Gasteiger partial charge < -0.3 is 15.3 Å². The predicted molar refractivity (Wildman–Crippen MR) is 48.8 cm³/mol. The first kappa shape index (κ1) is 9.06. The van der Waals surface area contributed by atoms with Gasteiger partial charge in [0.2, 0.25) is 0 Å². The quantitative estimate of drug-likeness (QED) is 0.506. The van der Waals surface area contributed by atoms with Crippen molar-refractivity contribution in [2.45, 2.75) is 12.2 Å². The molecule has 0 aliphatic heterocycles. The summed E-state index contributed by atoms with van der Waals surface area (Å²) in [7, 11) is 0. The molecule has 0 radical (unpaired) electrons. The van der Waals surface area contributed by atoms with Crippen molar-refractivity contribution < 1.29 is 15.3 Å². The van der Waals surface area contributed by atoms with E-state index in [9.17, 15) is 10.2 Å². The van der Waals surface area contributed by atoms with Gasteiger partial charge in [-0.3, -0.25) is 0 Å². The molecule has 3 nitrogen and oxygen atoms in total. The van der Waals surface area contributed by atoms with Crippen LogP contribution in [0, 0.1) is 0 Å². The summed E-state index contributed by atoms with van der Waals surface area (Å²) in [5, 5.41) is 27.2. The summed E-state index contributed by atoms with van der Waals surface area (Å²) >= 11 is 4.06. The highest BCUT2D eigenvalue weighted by Gasteiger charge is 2.12. The molecular formula is C8H10O3S. The van der Waals surface area contributed by atoms with E-state index in [1.807, 2.05) is 0 Å². The number of benzene rings is 1. The van der Waals surface area contributed by atoms with Crippen molar-refractivity contribution in [3.05, 3.63) is 17.7 Å². The Balaban J connectivity index is 3.28. The minimum atomic E-state index is -0.273. The largest absolute Gasteiger partial charge is 0.508 e. The molecule has 1 rings (SSSR count). The maximum Gasteiger partial charge on any atom is 0.127 e. The van der Waals surface area contributed by atoms with Gasteiger partial charge in [0.05, 0.1) is 0 Å². The third kappa shape index (κ3) is 1.58. The van der Waals surface area contributed by atoms with E-state index in [1.54, 1.807) is 6.92 Å². The second-order valence-electron chi connectivity index (χ2n) is 2.57. The lowest BCUT2D eigenvalue weighted by Crippen LogP contribution is -1.86. The fourth-order valence-corrected chi connectivity index (χ4v) is 1.30. The first-order valence-corrected chi connectivity index (χ1v) is 3.97. The van der Waals surface area contributed by atoms with E-state index in [0.29, 0.717) is 5.56 Å². The normalized spacial score (nSPS) is 12.8. The highest BCUT2D eigenvalue weighted by Crippen LogP contribution is 2.38. The zero-order valence-corrected chi connectivity index (χ0v) is 7.42. The lowest BCUT2D eigenvalue weighted by molar-refractivity contribution is 0.419. The third-order valence-electron chi connectivity index (χ3n) is 1.54. The van der Waals surface area contributed by atoms with Crippen LogP contribution < -0.4 is 0 Å². The van der Waals surface area contributed by atoms with Gasteiger partial charge in [0.25, 0.3) is 0 Å². The number of thiol groups is 1. The Morgan fingerprint density at radius 1 is 1.17 bits per heavy atom. The molecule has 1 unspecified atom stereocenters. The fraction of sp³-hybridized carbons (Fsp3) is 0.250. The standard InChI is InChI=1S/C8H10O3S/c1-4(12)8-6(10)2-5(9)3-7(8)11/h2-4,9-12H,1H3. The van der Waals surface area contributed by atoms with Crippen molar-refractivity contribution in [3.63, 3.8) is 0 Å². The van der Waals surface area contributed by atoms with Gasteiger partial charge in [-0.25, -0.2) is 0 Å². The van der Waals surface area contributed by atoms with Gasteiger partial charge in [-0.2, -0.15) is 12.6 Å². The van der Waals surface area contributed by atoms with Crippen LogP contribution >= 0.6 is 12.6 Å². The number of aromatic hydroxyl groups is 3. The van der Waals surface area contributed by atoms with E-state index >= 15 is 0 Å². The topological polar surface area (TPSA) is 60.7 Å². The van der Waals surface area contributed by atoms with E-state index in [-0.39, 0.29) is 22.5 Å². The maximum absolute atomic E-state index is 9.27. The van der Waals surface area contributed by atoms with Crippen LogP contribution in [0.2, 0.25) is 0 Å². The number of rotatable bonds is 1. The summed E-state index contributed by atoms with van der Waals surface area (Å²) in [5.41, 5.74) is 0.330. The average Bonchev–Trinajstić information content (AvgIpc) is 1.82. The Morgan fingerprint density at radius 2 is 1.58 bits per heavy atom. The van der Waals surface area contributed by atoms with Gasteiger partial charge in [-0.05, 0) is 6.92 Å². The molecule has 4 heteroatoms. The zero-order valence-electron chi connectivity index (χ0n) is 6.52. The molecule has 0 fully saturated rings. The highest BCUT2D eigenvalue weighted by molar-refractivity contribution is 7.80. The number of phenolic OH excluding ortho intramolecular Hbond substituents is 3. The molecule has 1 atom stereocenters. The van der Waals surface area contributed by atoms with Crippen molar-refractivity contribution in [2.24, 2.45) is 0 Å². The Kier molecular flexibility index (Phi) is 2.38. The lowest BCUT2D eigenvalue weighted by Gasteiger charge is -2.09. The van der Waals surface area contributed by atoms with Gasteiger partial charge in [-0.1, -0.05) is 0 Å². The number of hydrogen-bond acceptors (Lipinski definition) is 4. The average molecular weight is 186 g/mol. The second-order valence-corrected chi connectivity index (χ2v) is 3.35. The van der Waals surface area contributed by atoms with E-state index < -0.39 is 0 Å². The molecule has 0 saturated heterocycles. The molecule has 0 aliphatic carbocycles. The summed E-state index contributed by atoms with van der Waals surface area (Å²) in [6, 6.07) is 2.34. The van der Waals surface area contributed by atoms with Gasteiger partial charge in [0.15, 0.2) is 0 Å². The van der Waals surface area contributed by atoms with Gasteiger partial charge in [0, 0.05) is 22.9 Å².